The predicted molar refractivity (Wildman–Crippen MR) is 191 cm³/mol. The SMILES string of the molecule is CCCCCC1CCC(c2ccc(COOC(COC(=O)c3ccc(C4CCC(CCC)CC4)cc3)c3ccccc3)cc2)CC1.[HH].[HH]. The highest BCUT2D eigenvalue weighted by Gasteiger charge is 2.24. The molecular weight excluding hydrogens is 568 g/mol. The Labute approximate surface area is 281 Å². The molecule has 2 aliphatic carbocycles. The summed E-state index contributed by atoms with van der Waals surface area (Å²) in [6.45, 7) is 4.98. The van der Waals surface area contributed by atoms with Crippen molar-refractivity contribution in [1.29, 1.82) is 0 Å². The number of carbonyl (C=O) groups is 1. The molecule has 1 atom stereocenters. The van der Waals surface area contributed by atoms with Gasteiger partial charge >= 0.3 is 5.97 Å². The van der Waals surface area contributed by atoms with Crippen molar-refractivity contribution < 1.29 is 22.2 Å². The maximum Gasteiger partial charge on any atom is 0.338 e. The van der Waals surface area contributed by atoms with E-state index in [1.54, 1.807) is 0 Å². The molecule has 4 nitrogen and oxygen atoms in total. The fourth-order valence-electron chi connectivity index (χ4n) is 7.70. The van der Waals surface area contributed by atoms with Crippen LogP contribution >= 0.6 is 0 Å². The molecule has 0 heterocycles. The number of ether oxygens (including phenoxy) is 1. The number of esters is 1. The van der Waals surface area contributed by atoms with Crippen LogP contribution in [0, 0.1) is 11.8 Å². The minimum atomic E-state index is -0.519. The van der Waals surface area contributed by atoms with E-state index in [-0.39, 0.29) is 15.4 Å². The van der Waals surface area contributed by atoms with Gasteiger partial charge in [0.25, 0.3) is 0 Å². The molecule has 1 unspecified atom stereocenters. The summed E-state index contributed by atoms with van der Waals surface area (Å²) >= 11 is 0. The molecule has 0 bridgehead atoms. The Morgan fingerprint density at radius 3 is 1.87 bits per heavy atom. The second-order valence-corrected chi connectivity index (χ2v) is 13.9. The highest BCUT2D eigenvalue weighted by molar-refractivity contribution is 5.89. The minimum Gasteiger partial charge on any atom is -0.459 e. The summed E-state index contributed by atoms with van der Waals surface area (Å²) in [6, 6.07) is 26.7. The van der Waals surface area contributed by atoms with Crippen LogP contribution in [0.15, 0.2) is 78.9 Å². The van der Waals surface area contributed by atoms with Crippen LogP contribution < -0.4 is 0 Å². The van der Waals surface area contributed by atoms with Gasteiger partial charge in [-0.2, -0.15) is 0 Å². The molecule has 46 heavy (non-hydrogen) atoms. The van der Waals surface area contributed by atoms with Crippen LogP contribution in [-0.2, 0) is 21.1 Å². The van der Waals surface area contributed by atoms with E-state index in [1.807, 2.05) is 42.5 Å². The van der Waals surface area contributed by atoms with Gasteiger partial charge in [-0.3, -0.25) is 0 Å². The quantitative estimate of drug-likeness (QED) is 0.0685. The van der Waals surface area contributed by atoms with Crippen molar-refractivity contribution in [3.8, 4) is 0 Å². The zero-order valence-corrected chi connectivity index (χ0v) is 28.3. The van der Waals surface area contributed by atoms with Gasteiger partial charge in [0.1, 0.15) is 13.2 Å². The summed E-state index contributed by atoms with van der Waals surface area (Å²) in [5.74, 6) is 2.75. The van der Waals surface area contributed by atoms with E-state index >= 15 is 0 Å². The standard InChI is InChI=1S/C42H56O4.2H2/c1-3-5-7-11-33-16-22-35(23-17-33)37-24-18-34(19-25-37)30-45-46-41(39-12-8-6-9-13-39)31-44-42(43)40-28-26-38(27-29-40)36-20-14-32(10-4-2)15-21-36;;/h6,8-9,12-13,18-19,24-29,32-33,35-36,41H,3-5,7,10-11,14-17,20-23,30-31H2,1-2H3;2*1H. The van der Waals surface area contributed by atoms with E-state index in [1.165, 1.54) is 101 Å². The molecule has 0 saturated heterocycles. The van der Waals surface area contributed by atoms with Crippen molar-refractivity contribution >= 4 is 5.97 Å². The summed E-state index contributed by atoms with van der Waals surface area (Å²) in [7, 11) is 0. The van der Waals surface area contributed by atoms with Crippen LogP contribution in [0.25, 0.3) is 0 Å². The van der Waals surface area contributed by atoms with Gasteiger partial charge < -0.3 is 4.74 Å². The molecule has 0 aliphatic heterocycles. The molecule has 0 spiro atoms. The third-order valence-electron chi connectivity index (χ3n) is 10.6. The summed E-state index contributed by atoms with van der Waals surface area (Å²) in [6.07, 6.45) is 18.1. The van der Waals surface area contributed by atoms with E-state index in [4.69, 9.17) is 14.5 Å². The fourth-order valence-corrected chi connectivity index (χ4v) is 7.70. The Balaban J connectivity index is 0.00000312. The maximum atomic E-state index is 13.0. The zero-order valence-electron chi connectivity index (χ0n) is 28.3. The van der Waals surface area contributed by atoms with Crippen LogP contribution in [0.3, 0.4) is 0 Å². The van der Waals surface area contributed by atoms with Crippen molar-refractivity contribution in [3.05, 3.63) is 107 Å². The molecule has 0 radical (unpaired) electrons. The van der Waals surface area contributed by atoms with Crippen molar-refractivity contribution in [1.82, 2.24) is 0 Å². The maximum absolute atomic E-state index is 13.0. The third-order valence-corrected chi connectivity index (χ3v) is 10.6. The van der Waals surface area contributed by atoms with Gasteiger partial charge in [-0.25, -0.2) is 14.6 Å². The first-order valence-corrected chi connectivity index (χ1v) is 18.3. The largest absolute Gasteiger partial charge is 0.459 e. The molecule has 2 fully saturated rings. The highest BCUT2D eigenvalue weighted by atomic mass is 17.2. The number of hydrogen-bond donors (Lipinski definition) is 0. The van der Waals surface area contributed by atoms with Crippen molar-refractivity contribution in [2.24, 2.45) is 11.8 Å². The topological polar surface area (TPSA) is 44.8 Å². The number of hydrogen-bond acceptors (Lipinski definition) is 4. The fraction of sp³-hybridized carbons (Fsp3) is 0.548. The van der Waals surface area contributed by atoms with Crippen LogP contribution in [0.2, 0.25) is 0 Å². The monoisotopic (exact) mass is 628 g/mol. The Morgan fingerprint density at radius 1 is 0.696 bits per heavy atom. The van der Waals surface area contributed by atoms with Gasteiger partial charge in [0.2, 0.25) is 0 Å². The van der Waals surface area contributed by atoms with Crippen LogP contribution in [0.5, 0.6) is 0 Å². The van der Waals surface area contributed by atoms with Gasteiger partial charge in [0.05, 0.1) is 5.56 Å². The molecule has 2 aliphatic rings. The Kier molecular flexibility index (Phi) is 13.8. The molecule has 3 aromatic rings. The first-order chi connectivity index (χ1) is 22.6. The lowest BCUT2D eigenvalue weighted by Crippen LogP contribution is -2.16. The van der Waals surface area contributed by atoms with Crippen LogP contribution in [0.1, 0.15) is 157 Å². The Hall–Kier alpha value is -2.95. The van der Waals surface area contributed by atoms with Gasteiger partial charge in [0.15, 0.2) is 6.10 Å². The Morgan fingerprint density at radius 2 is 1.28 bits per heavy atom. The van der Waals surface area contributed by atoms with Crippen LogP contribution in [-0.4, -0.2) is 12.6 Å². The first kappa shape index (κ1) is 34.4. The molecule has 5 rings (SSSR count). The molecule has 0 amide bonds. The van der Waals surface area contributed by atoms with Crippen LogP contribution in [0.4, 0.5) is 0 Å². The second-order valence-electron chi connectivity index (χ2n) is 13.9. The minimum absolute atomic E-state index is 0. The lowest BCUT2D eigenvalue weighted by atomic mass is 9.77. The average Bonchev–Trinajstić information content (AvgIpc) is 3.11. The lowest BCUT2D eigenvalue weighted by molar-refractivity contribution is -0.340. The summed E-state index contributed by atoms with van der Waals surface area (Å²) < 4.78 is 5.75. The van der Waals surface area contributed by atoms with E-state index in [0.717, 1.165) is 23.0 Å². The van der Waals surface area contributed by atoms with Gasteiger partial charge in [0, 0.05) is 2.85 Å². The molecule has 252 valence electrons. The molecule has 0 N–H and O–H groups in total. The van der Waals surface area contributed by atoms with E-state index in [9.17, 15) is 4.79 Å². The van der Waals surface area contributed by atoms with E-state index < -0.39 is 6.10 Å². The van der Waals surface area contributed by atoms with Gasteiger partial charge in [-0.05, 0) is 109 Å². The Bertz CT molecular complexity index is 1280. The van der Waals surface area contributed by atoms with E-state index in [2.05, 4.69) is 50.2 Å². The van der Waals surface area contributed by atoms with Gasteiger partial charge in [-0.15, -0.1) is 0 Å². The summed E-state index contributed by atoms with van der Waals surface area (Å²) in [4.78, 5) is 24.6. The number of rotatable bonds is 16. The molecule has 3 aromatic carbocycles. The molecule has 4 heteroatoms. The van der Waals surface area contributed by atoms with E-state index in [0.29, 0.717) is 24.0 Å². The van der Waals surface area contributed by atoms with Crippen molar-refractivity contribution in [2.75, 3.05) is 6.61 Å². The summed E-state index contributed by atoms with van der Waals surface area (Å²) in [5, 5.41) is 0. The smallest absolute Gasteiger partial charge is 0.338 e. The first-order valence-electron chi connectivity index (χ1n) is 18.3. The summed E-state index contributed by atoms with van der Waals surface area (Å²) in [5.41, 5.74) is 5.33. The second kappa shape index (κ2) is 18.4. The number of carbonyl (C=O) groups excluding carboxylic acids is 1. The zero-order chi connectivity index (χ0) is 32.0. The lowest BCUT2D eigenvalue weighted by Gasteiger charge is -2.29. The molecule has 2 saturated carbocycles. The predicted octanol–water partition coefficient (Wildman–Crippen LogP) is 12.2. The number of unbranched alkanes of at least 4 members (excludes halogenated alkanes) is 2. The van der Waals surface area contributed by atoms with Gasteiger partial charge in [-0.1, -0.05) is 119 Å². The molecule has 0 aromatic heterocycles. The normalized spacial score (nSPS) is 22.3. The molecular formula is C42H60O4. The third kappa shape index (κ3) is 10.3. The number of benzene rings is 3. The average molecular weight is 629 g/mol. The highest BCUT2D eigenvalue weighted by Crippen LogP contribution is 2.39. The van der Waals surface area contributed by atoms with Crippen molar-refractivity contribution in [2.45, 2.75) is 128 Å². The van der Waals surface area contributed by atoms with Crippen molar-refractivity contribution in [3.63, 3.8) is 0 Å².